The molecule has 0 aromatic carbocycles. The maximum Gasteiger partial charge on any atom is 0.237 e. The van der Waals surface area contributed by atoms with Crippen molar-refractivity contribution in [3.05, 3.63) is 0 Å². The Bertz CT molecular complexity index is 247. The van der Waals surface area contributed by atoms with Crippen molar-refractivity contribution in [2.45, 2.75) is 58.3 Å². The zero-order valence-corrected chi connectivity index (χ0v) is 11.6. The summed E-state index contributed by atoms with van der Waals surface area (Å²) in [6.45, 7) is 10.4. The molecule has 1 amide bonds. The average molecular weight is 246 g/mol. The van der Waals surface area contributed by atoms with Crippen LogP contribution in [-0.4, -0.2) is 36.4 Å². The van der Waals surface area contributed by atoms with Gasteiger partial charge >= 0.3 is 0 Å². The number of hydrogen-bond donors (Lipinski definition) is 2. The van der Waals surface area contributed by atoms with Crippen LogP contribution < -0.4 is 11.5 Å². The molecule has 0 rings (SSSR count). The number of hydrogen-bond acceptors (Lipinski definition) is 4. The first-order valence-corrected chi connectivity index (χ1v) is 5.89. The molecular weight excluding hydrogens is 220 g/mol. The summed E-state index contributed by atoms with van der Waals surface area (Å²) < 4.78 is 11.0. The predicted molar refractivity (Wildman–Crippen MR) is 67.5 cm³/mol. The lowest BCUT2D eigenvalue weighted by Crippen LogP contribution is -2.51. The zero-order chi connectivity index (χ0) is 13.7. The molecule has 0 bridgehead atoms. The van der Waals surface area contributed by atoms with Crippen LogP contribution in [0.3, 0.4) is 0 Å². The number of nitrogens with two attached hydrogens (primary N) is 2. The molecule has 4 N–H and O–H groups in total. The zero-order valence-electron chi connectivity index (χ0n) is 11.6. The van der Waals surface area contributed by atoms with E-state index in [1.165, 1.54) is 0 Å². The minimum atomic E-state index is -1.02. The van der Waals surface area contributed by atoms with Gasteiger partial charge in [-0.05, 0) is 41.0 Å². The van der Waals surface area contributed by atoms with Gasteiger partial charge in [0.1, 0.15) is 0 Å². The minimum absolute atomic E-state index is 0.124. The third kappa shape index (κ3) is 8.12. The first kappa shape index (κ1) is 16.4. The summed E-state index contributed by atoms with van der Waals surface area (Å²) in [7, 11) is 0. The molecule has 0 aliphatic carbocycles. The van der Waals surface area contributed by atoms with Crippen molar-refractivity contribution in [3.8, 4) is 0 Å². The van der Waals surface area contributed by atoms with Crippen LogP contribution in [0.1, 0.15) is 41.0 Å². The predicted octanol–water partition coefficient (Wildman–Crippen LogP) is 0.799. The lowest BCUT2D eigenvalue weighted by Gasteiger charge is -2.25. The standard InChI is InChI=1S/C12H26N2O3/c1-9(8-12(5,14)10(13)15)16-6-7-17-11(2,3)4/h9H,6-8,14H2,1-5H3,(H2,13,15). The Kier molecular flexibility index (Phi) is 6.09. The van der Waals surface area contributed by atoms with Crippen LogP contribution in [-0.2, 0) is 14.3 Å². The van der Waals surface area contributed by atoms with Crippen LogP contribution >= 0.6 is 0 Å². The molecule has 5 heteroatoms. The van der Waals surface area contributed by atoms with Gasteiger partial charge in [-0.3, -0.25) is 4.79 Å². The van der Waals surface area contributed by atoms with E-state index in [0.29, 0.717) is 19.6 Å². The van der Waals surface area contributed by atoms with Gasteiger partial charge in [0.05, 0.1) is 30.5 Å². The molecule has 0 aromatic heterocycles. The molecule has 0 aliphatic heterocycles. The van der Waals surface area contributed by atoms with Gasteiger partial charge in [-0.15, -0.1) is 0 Å². The van der Waals surface area contributed by atoms with E-state index in [0.717, 1.165) is 0 Å². The molecular formula is C12H26N2O3. The van der Waals surface area contributed by atoms with Gasteiger partial charge in [-0.1, -0.05) is 0 Å². The molecule has 0 saturated heterocycles. The summed E-state index contributed by atoms with van der Waals surface area (Å²) in [6, 6.07) is 0. The average Bonchev–Trinajstić information content (AvgIpc) is 2.10. The SMILES string of the molecule is CC(CC(C)(N)C(N)=O)OCCOC(C)(C)C. The van der Waals surface area contributed by atoms with E-state index in [1.54, 1.807) is 6.92 Å². The van der Waals surface area contributed by atoms with Crippen molar-refractivity contribution in [1.29, 1.82) is 0 Å². The molecule has 0 radical (unpaired) electrons. The Hall–Kier alpha value is -0.650. The summed E-state index contributed by atoms with van der Waals surface area (Å²) in [5.41, 5.74) is 9.75. The van der Waals surface area contributed by atoms with Crippen molar-refractivity contribution >= 4 is 5.91 Å². The maximum absolute atomic E-state index is 11.0. The van der Waals surface area contributed by atoms with Gasteiger partial charge in [0, 0.05) is 0 Å². The van der Waals surface area contributed by atoms with Crippen molar-refractivity contribution in [2.24, 2.45) is 11.5 Å². The maximum atomic E-state index is 11.0. The van der Waals surface area contributed by atoms with Gasteiger partial charge in [-0.25, -0.2) is 0 Å². The molecule has 0 aromatic rings. The molecule has 2 atom stereocenters. The van der Waals surface area contributed by atoms with E-state index >= 15 is 0 Å². The van der Waals surface area contributed by atoms with E-state index in [4.69, 9.17) is 20.9 Å². The van der Waals surface area contributed by atoms with E-state index in [2.05, 4.69) is 0 Å². The Morgan fingerprint density at radius 2 is 1.76 bits per heavy atom. The summed E-state index contributed by atoms with van der Waals surface area (Å²) in [5, 5.41) is 0. The largest absolute Gasteiger partial charge is 0.376 e. The van der Waals surface area contributed by atoms with Crippen molar-refractivity contribution in [3.63, 3.8) is 0 Å². The van der Waals surface area contributed by atoms with E-state index < -0.39 is 11.4 Å². The number of primary amides is 1. The highest BCUT2D eigenvalue weighted by atomic mass is 16.5. The molecule has 17 heavy (non-hydrogen) atoms. The van der Waals surface area contributed by atoms with Gasteiger partial charge in [-0.2, -0.15) is 0 Å². The number of ether oxygens (including phenoxy) is 2. The van der Waals surface area contributed by atoms with Crippen LogP contribution in [0.2, 0.25) is 0 Å². The fourth-order valence-electron chi connectivity index (χ4n) is 1.35. The first-order chi connectivity index (χ1) is 7.54. The Labute approximate surface area is 104 Å². The number of rotatable bonds is 7. The molecule has 102 valence electrons. The number of carbonyl (C=O) groups excluding carboxylic acids is 1. The molecule has 0 aliphatic rings. The second kappa shape index (κ2) is 6.33. The van der Waals surface area contributed by atoms with E-state index in [-0.39, 0.29) is 11.7 Å². The lowest BCUT2D eigenvalue weighted by molar-refractivity contribution is -0.124. The van der Waals surface area contributed by atoms with Gasteiger partial charge in [0.15, 0.2) is 0 Å². The van der Waals surface area contributed by atoms with Crippen LogP contribution in [0.25, 0.3) is 0 Å². The quantitative estimate of drug-likeness (QED) is 0.650. The summed E-state index contributed by atoms with van der Waals surface area (Å²) in [6.07, 6.45) is 0.277. The second-order valence-corrected chi connectivity index (χ2v) is 5.63. The summed E-state index contributed by atoms with van der Waals surface area (Å²) >= 11 is 0. The molecule has 0 fully saturated rings. The number of carbonyl (C=O) groups is 1. The van der Waals surface area contributed by atoms with Crippen molar-refractivity contribution in [2.75, 3.05) is 13.2 Å². The number of amides is 1. The second-order valence-electron chi connectivity index (χ2n) is 5.63. The monoisotopic (exact) mass is 246 g/mol. The highest BCUT2D eigenvalue weighted by molar-refractivity contribution is 5.83. The Balaban J connectivity index is 3.81. The smallest absolute Gasteiger partial charge is 0.237 e. The molecule has 2 unspecified atom stereocenters. The van der Waals surface area contributed by atoms with Crippen molar-refractivity contribution < 1.29 is 14.3 Å². The summed E-state index contributed by atoms with van der Waals surface area (Å²) in [5.74, 6) is -0.515. The van der Waals surface area contributed by atoms with Gasteiger partial charge in [0.25, 0.3) is 0 Å². The van der Waals surface area contributed by atoms with E-state index in [9.17, 15) is 4.79 Å². The fourth-order valence-corrected chi connectivity index (χ4v) is 1.35. The van der Waals surface area contributed by atoms with Gasteiger partial charge < -0.3 is 20.9 Å². The third-order valence-corrected chi connectivity index (χ3v) is 2.30. The third-order valence-electron chi connectivity index (χ3n) is 2.30. The highest BCUT2D eigenvalue weighted by Gasteiger charge is 2.28. The molecule has 0 heterocycles. The van der Waals surface area contributed by atoms with Crippen molar-refractivity contribution in [1.82, 2.24) is 0 Å². The van der Waals surface area contributed by atoms with Crippen LogP contribution in [0.5, 0.6) is 0 Å². The summed E-state index contributed by atoms with van der Waals surface area (Å²) in [4.78, 5) is 11.0. The lowest BCUT2D eigenvalue weighted by atomic mass is 9.95. The highest BCUT2D eigenvalue weighted by Crippen LogP contribution is 2.11. The van der Waals surface area contributed by atoms with Crippen LogP contribution in [0, 0.1) is 0 Å². The normalized spacial score (nSPS) is 17.5. The molecule has 0 spiro atoms. The minimum Gasteiger partial charge on any atom is -0.376 e. The van der Waals surface area contributed by atoms with Gasteiger partial charge in [0.2, 0.25) is 5.91 Å². The topological polar surface area (TPSA) is 87.6 Å². The van der Waals surface area contributed by atoms with Crippen LogP contribution in [0.15, 0.2) is 0 Å². The molecule has 5 nitrogen and oxygen atoms in total. The Morgan fingerprint density at radius 3 is 2.18 bits per heavy atom. The molecule has 0 saturated carbocycles. The first-order valence-electron chi connectivity index (χ1n) is 5.89. The van der Waals surface area contributed by atoms with Crippen LogP contribution in [0.4, 0.5) is 0 Å². The fraction of sp³-hybridized carbons (Fsp3) is 0.917. The Morgan fingerprint density at radius 1 is 1.24 bits per heavy atom. The van der Waals surface area contributed by atoms with E-state index in [1.807, 2.05) is 27.7 Å².